The number of para-hydroxylation sites is 2. The van der Waals surface area contributed by atoms with Crippen LogP contribution in [0.1, 0.15) is 42.1 Å². The first-order valence-electron chi connectivity index (χ1n) is 10.9. The standard InChI is InChI=1S/C28H25NO4/c1-3-17-31-22-13-9-20(10-14-22)19-24(28-29-25-7-5-6-8-26(25)33-28)27(30)21-11-15-23(16-12-21)32-18-4-2/h4-16,18-19H,3,17H2,1-2H3/b18-4+,24-19+. The van der Waals surface area contributed by atoms with Crippen LogP contribution in [0.3, 0.4) is 0 Å². The molecular formula is C28H25NO4. The summed E-state index contributed by atoms with van der Waals surface area (Å²) in [6.45, 7) is 4.60. The lowest BCUT2D eigenvalue weighted by atomic mass is 10.0. The molecule has 0 saturated carbocycles. The topological polar surface area (TPSA) is 61.6 Å². The van der Waals surface area contributed by atoms with Crippen molar-refractivity contribution in [3.8, 4) is 11.5 Å². The zero-order chi connectivity index (χ0) is 23.0. The first kappa shape index (κ1) is 22.1. The summed E-state index contributed by atoms with van der Waals surface area (Å²) in [7, 11) is 0. The van der Waals surface area contributed by atoms with Gasteiger partial charge in [-0.15, -0.1) is 0 Å². The average molecular weight is 440 g/mol. The molecule has 0 fully saturated rings. The Morgan fingerprint density at radius 1 is 0.970 bits per heavy atom. The van der Waals surface area contributed by atoms with Crippen molar-refractivity contribution in [3.05, 3.63) is 102 Å². The summed E-state index contributed by atoms with van der Waals surface area (Å²) in [6, 6.07) is 22.1. The monoisotopic (exact) mass is 439 g/mol. The van der Waals surface area contributed by atoms with Gasteiger partial charge in [-0.05, 0) is 73.5 Å². The molecule has 33 heavy (non-hydrogen) atoms. The van der Waals surface area contributed by atoms with Crippen molar-refractivity contribution in [2.45, 2.75) is 20.3 Å². The van der Waals surface area contributed by atoms with E-state index in [1.165, 1.54) is 0 Å². The smallest absolute Gasteiger partial charge is 0.231 e. The van der Waals surface area contributed by atoms with Crippen molar-refractivity contribution in [1.82, 2.24) is 4.98 Å². The van der Waals surface area contributed by atoms with E-state index in [1.54, 1.807) is 42.7 Å². The van der Waals surface area contributed by atoms with Gasteiger partial charge in [-0.1, -0.05) is 37.3 Å². The molecule has 4 aromatic rings. The Morgan fingerprint density at radius 2 is 1.70 bits per heavy atom. The summed E-state index contributed by atoms with van der Waals surface area (Å²) in [5, 5.41) is 0. The van der Waals surface area contributed by atoms with Crippen molar-refractivity contribution in [3.63, 3.8) is 0 Å². The highest BCUT2D eigenvalue weighted by Crippen LogP contribution is 2.27. The van der Waals surface area contributed by atoms with Gasteiger partial charge in [0.05, 0.1) is 18.4 Å². The van der Waals surface area contributed by atoms with Crippen LogP contribution in [0.15, 0.2) is 89.6 Å². The molecule has 166 valence electrons. The number of oxazole rings is 1. The summed E-state index contributed by atoms with van der Waals surface area (Å²) in [5.41, 5.74) is 3.06. The molecule has 0 bridgehead atoms. The Kier molecular flexibility index (Phi) is 7.00. The number of fused-ring (bicyclic) bond motifs is 1. The highest BCUT2D eigenvalue weighted by molar-refractivity contribution is 6.31. The minimum absolute atomic E-state index is 0.189. The number of carbonyl (C=O) groups is 1. The van der Waals surface area contributed by atoms with E-state index in [0.29, 0.717) is 34.6 Å². The molecule has 4 rings (SSSR count). The predicted molar refractivity (Wildman–Crippen MR) is 130 cm³/mol. The number of ether oxygens (including phenoxy) is 2. The molecule has 0 aliphatic heterocycles. The molecule has 1 heterocycles. The van der Waals surface area contributed by atoms with E-state index in [4.69, 9.17) is 13.9 Å². The van der Waals surface area contributed by atoms with Crippen LogP contribution in [-0.2, 0) is 0 Å². The highest BCUT2D eigenvalue weighted by atomic mass is 16.5. The lowest BCUT2D eigenvalue weighted by Gasteiger charge is -2.07. The first-order valence-corrected chi connectivity index (χ1v) is 10.9. The van der Waals surface area contributed by atoms with E-state index in [-0.39, 0.29) is 11.7 Å². The molecule has 1 aromatic heterocycles. The normalized spacial score (nSPS) is 11.8. The molecule has 3 aromatic carbocycles. The molecule has 0 N–H and O–H groups in total. The Bertz CT molecular complexity index is 1250. The summed E-state index contributed by atoms with van der Waals surface area (Å²) in [4.78, 5) is 18.1. The van der Waals surface area contributed by atoms with Crippen LogP contribution in [0.25, 0.3) is 22.7 Å². The molecule has 0 unspecified atom stereocenters. The van der Waals surface area contributed by atoms with Gasteiger partial charge in [0.1, 0.15) is 17.0 Å². The van der Waals surface area contributed by atoms with Gasteiger partial charge in [0.25, 0.3) is 0 Å². The molecule has 0 aliphatic rings. The molecule has 0 radical (unpaired) electrons. The minimum atomic E-state index is -0.189. The Labute approximate surface area is 193 Å². The minimum Gasteiger partial charge on any atom is -0.494 e. The predicted octanol–water partition coefficient (Wildman–Crippen LogP) is 6.95. The molecule has 5 heteroatoms. The molecule has 0 atom stereocenters. The number of rotatable bonds is 9. The second-order valence-electron chi connectivity index (χ2n) is 7.40. The number of aromatic nitrogens is 1. The lowest BCUT2D eigenvalue weighted by Crippen LogP contribution is -2.03. The molecule has 5 nitrogen and oxygen atoms in total. The molecular weight excluding hydrogens is 414 g/mol. The maximum atomic E-state index is 13.5. The zero-order valence-corrected chi connectivity index (χ0v) is 18.7. The fraction of sp³-hybridized carbons (Fsp3) is 0.143. The second-order valence-corrected chi connectivity index (χ2v) is 7.40. The average Bonchev–Trinajstić information content (AvgIpc) is 3.29. The zero-order valence-electron chi connectivity index (χ0n) is 18.7. The first-order chi connectivity index (χ1) is 16.2. The quantitative estimate of drug-likeness (QED) is 0.160. The number of benzene rings is 3. The summed E-state index contributed by atoms with van der Waals surface area (Å²) in [5.74, 6) is 1.53. The maximum absolute atomic E-state index is 13.5. The second kappa shape index (κ2) is 10.5. The number of nitrogens with zero attached hydrogens (tertiary/aromatic N) is 1. The molecule has 0 aliphatic carbocycles. The van der Waals surface area contributed by atoms with Crippen LogP contribution in [0, 0.1) is 0 Å². The van der Waals surface area contributed by atoms with E-state index in [2.05, 4.69) is 11.9 Å². The van der Waals surface area contributed by atoms with Gasteiger partial charge in [0, 0.05) is 5.56 Å². The highest BCUT2D eigenvalue weighted by Gasteiger charge is 2.20. The van der Waals surface area contributed by atoms with E-state index in [9.17, 15) is 4.79 Å². The maximum Gasteiger partial charge on any atom is 0.231 e. The van der Waals surface area contributed by atoms with Gasteiger partial charge in [0.2, 0.25) is 5.89 Å². The Balaban J connectivity index is 1.70. The van der Waals surface area contributed by atoms with Crippen molar-refractivity contribution >= 4 is 28.5 Å². The number of allylic oxidation sites excluding steroid dienone is 2. The van der Waals surface area contributed by atoms with Crippen molar-refractivity contribution in [1.29, 1.82) is 0 Å². The van der Waals surface area contributed by atoms with Crippen molar-refractivity contribution in [2.24, 2.45) is 0 Å². The fourth-order valence-electron chi connectivity index (χ4n) is 3.25. The molecule has 0 saturated heterocycles. The van der Waals surface area contributed by atoms with Crippen LogP contribution in [0.5, 0.6) is 11.5 Å². The summed E-state index contributed by atoms with van der Waals surface area (Å²) in [6.07, 6.45) is 6.12. The van der Waals surface area contributed by atoms with Crippen LogP contribution in [0.4, 0.5) is 0 Å². The van der Waals surface area contributed by atoms with Gasteiger partial charge >= 0.3 is 0 Å². The lowest BCUT2D eigenvalue weighted by molar-refractivity contribution is 0.105. The summed E-state index contributed by atoms with van der Waals surface area (Å²) >= 11 is 0. The number of hydrogen-bond acceptors (Lipinski definition) is 5. The van der Waals surface area contributed by atoms with Gasteiger partial charge in [0.15, 0.2) is 11.4 Å². The van der Waals surface area contributed by atoms with E-state index >= 15 is 0 Å². The van der Waals surface area contributed by atoms with Crippen molar-refractivity contribution in [2.75, 3.05) is 6.61 Å². The van der Waals surface area contributed by atoms with Crippen LogP contribution < -0.4 is 9.47 Å². The van der Waals surface area contributed by atoms with E-state index in [0.717, 1.165) is 17.7 Å². The Morgan fingerprint density at radius 3 is 2.39 bits per heavy atom. The van der Waals surface area contributed by atoms with E-state index < -0.39 is 0 Å². The number of ketones is 1. The SMILES string of the molecule is C/C=C/Oc1ccc(C(=O)/C(=C\c2ccc(OCCC)cc2)c2nc3ccccc3o2)cc1. The number of carbonyl (C=O) groups excluding carboxylic acids is 1. The molecule has 0 amide bonds. The number of Topliss-reactive ketones (excluding diaryl/α,β-unsaturated/α-hetero) is 1. The third-order valence-electron chi connectivity index (χ3n) is 4.89. The molecule has 0 spiro atoms. The third-order valence-corrected chi connectivity index (χ3v) is 4.89. The van der Waals surface area contributed by atoms with Crippen LogP contribution in [-0.4, -0.2) is 17.4 Å². The van der Waals surface area contributed by atoms with Crippen LogP contribution >= 0.6 is 0 Å². The summed E-state index contributed by atoms with van der Waals surface area (Å²) < 4.78 is 17.1. The number of hydrogen-bond donors (Lipinski definition) is 0. The van der Waals surface area contributed by atoms with Gasteiger partial charge in [-0.2, -0.15) is 0 Å². The van der Waals surface area contributed by atoms with E-state index in [1.807, 2.05) is 55.5 Å². The largest absolute Gasteiger partial charge is 0.494 e. The van der Waals surface area contributed by atoms with Gasteiger partial charge < -0.3 is 13.9 Å². The van der Waals surface area contributed by atoms with Crippen LogP contribution in [0.2, 0.25) is 0 Å². The third kappa shape index (κ3) is 5.39. The van der Waals surface area contributed by atoms with Crippen molar-refractivity contribution < 1.29 is 18.7 Å². The fourth-order valence-corrected chi connectivity index (χ4v) is 3.25. The Hall–Kier alpha value is -4.12. The van der Waals surface area contributed by atoms with Gasteiger partial charge in [-0.25, -0.2) is 4.98 Å². The van der Waals surface area contributed by atoms with Gasteiger partial charge in [-0.3, -0.25) is 4.79 Å².